The van der Waals surface area contributed by atoms with Crippen molar-refractivity contribution in [3.63, 3.8) is 0 Å². The van der Waals surface area contributed by atoms with Gasteiger partial charge in [0.05, 0.1) is 6.42 Å². The first kappa shape index (κ1) is 16.3. The summed E-state index contributed by atoms with van der Waals surface area (Å²) in [5.41, 5.74) is 0.0973. The SMILES string of the molecule is CCCNc1cccc(C(=O)NC(C)CC(F)(F)F)n1. The molecule has 1 heterocycles. The molecule has 1 aromatic rings. The number of anilines is 1. The molecule has 0 fully saturated rings. The van der Waals surface area contributed by atoms with Crippen LogP contribution in [0.15, 0.2) is 18.2 Å². The quantitative estimate of drug-likeness (QED) is 0.846. The standard InChI is InChI=1S/C13H18F3N3O/c1-3-7-17-11-6-4-5-10(19-11)12(20)18-9(2)8-13(14,15)16/h4-6,9H,3,7-8H2,1-2H3,(H,17,19)(H,18,20). The average molecular weight is 289 g/mol. The average Bonchev–Trinajstić information content (AvgIpc) is 2.34. The molecule has 7 heteroatoms. The van der Waals surface area contributed by atoms with Gasteiger partial charge in [-0.15, -0.1) is 0 Å². The second kappa shape index (κ2) is 7.12. The summed E-state index contributed by atoms with van der Waals surface area (Å²) in [6.07, 6.45) is -4.46. The lowest BCUT2D eigenvalue weighted by Gasteiger charge is -2.15. The first-order valence-corrected chi connectivity index (χ1v) is 6.40. The second-order valence-electron chi connectivity index (χ2n) is 4.53. The van der Waals surface area contributed by atoms with E-state index in [1.165, 1.54) is 13.0 Å². The third-order valence-corrected chi connectivity index (χ3v) is 2.45. The summed E-state index contributed by atoms with van der Waals surface area (Å²) in [5.74, 6) is -0.0788. The van der Waals surface area contributed by atoms with Crippen LogP contribution in [0.5, 0.6) is 0 Å². The molecule has 1 atom stereocenters. The van der Waals surface area contributed by atoms with Crippen molar-refractivity contribution in [2.24, 2.45) is 0 Å². The number of aromatic nitrogens is 1. The van der Waals surface area contributed by atoms with Crippen LogP contribution in [0, 0.1) is 0 Å². The van der Waals surface area contributed by atoms with E-state index in [1.54, 1.807) is 12.1 Å². The van der Waals surface area contributed by atoms with Crippen LogP contribution in [0.1, 0.15) is 37.2 Å². The van der Waals surface area contributed by atoms with Crippen molar-refractivity contribution in [2.45, 2.75) is 38.9 Å². The van der Waals surface area contributed by atoms with E-state index in [9.17, 15) is 18.0 Å². The van der Waals surface area contributed by atoms with Crippen LogP contribution in [0.25, 0.3) is 0 Å². The highest BCUT2D eigenvalue weighted by molar-refractivity contribution is 5.92. The summed E-state index contributed by atoms with van der Waals surface area (Å²) < 4.78 is 36.6. The van der Waals surface area contributed by atoms with Crippen LogP contribution >= 0.6 is 0 Å². The summed E-state index contributed by atoms with van der Waals surface area (Å²) in [7, 11) is 0. The highest BCUT2D eigenvalue weighted by Gasteiger charge is 2.30. The van der Waals surface area contributed by atoms with E-state index in [2.05, 4.69) is 15.6 Å². The van der Waals surface area contributed by atoms with Gasteiger partial charge in [0.25, 0.3) is 5.91 Å². The molecule has 0 radical (unpaired) electrons. The van der Waals surface area contributed by atoms with E-state index in [4.69, 9.17) is 0 Å². The van der Waals surface area contributed by atoms with Crippen LogP contribution in [-0.2, 0) is 0 Å². The Morgan fingerprint density at radius 3 is 2.70 bits per heavy atom. The molecular formula is C13H18F3N3O. The molecule has 2 N–H and O–H groups in total. The van der Waals surface area contributed by atoms with E-state index in [-0.39, 0.29) is 5.69 Å². The van der Waals surface area contributed by atoms with Crippen molar-refractivity contribution >= 4 is 11.7 Å². The number of pyridine rings is 1. The maximum atomic E-state index is 12.2. The summed E-state index contributed by atoms with van der Waals surface area (Å²) in [5, 5.41) is 5.30. The minimum Gasteiger partial charge on any atom is -0.370 e. The molecule has 112 valence electrons. The minimum absolute atomic E-state index is 0.0973. The third kappa shape index (κ3) is 5.90. The highest BCUT2D eigenvalue weighted by Crippen LogP contribution is 2.21. The van der Waals surface area contributed by atoms with Crippen molar-refractivity contribution in [3.05, 3.63) is 23.9 Å². The second-order valence-corrected chi connectivity index (χ2v) is 4.53. The van der Waals surface area contributed by atoms with Gasteiger partial charge < -0.3 is 10.6 Å². The zero-order valence-corrected chi connectivity index (χ0v) is 11.4. The molecule has 4 nitrogen and oxygen atoms in total. The molecule has 1 rings (SSSR count). The molecule has 20 heavy (non-hydrogen) atoms. The Balaban J connectivity index is 2.63. The fourth-order valence-corrected chi connectivity index (χ4v) is 1.61. The number of amides is 1. The summed E-state index contributed by atoms with van der Waals surface area (Å²) in [4.78, 5) is 15.9. The predicted octanol–water partition coefficient (Wildman–Crippen LogP) is 2.97. The van der Waals surface area contributed by atoms with E-state index >= 15 is 0 Å². The lowest BCUT2D eigenvalue weighted by molar-refractivity contribution is -0.138. The van der Waals surface area contributed by atoms with E-state index < -0.39 is 24.5 Å². The molecule has 0 aliphatic carbocycles. The number of nitrogens with one attached hydrogen (secondary N) is 2. The van der Waals surface area contributed by atoms with Gasteiger partial charge >= 0.3 is 6.18 Å². The topological polar surface area (TPSA) is 54.0 Å². The first-order chi connectivity index (χ1) is 9.31. The molecule has 1 aromatic heterocycles. The minimum atomic E-state index is -4.30. The van der Waals surface area contributed by atoms with Gasteiger partial charge in [-0.1, -0.05) is 13.0 Å². The predicted molar refractivity (Wildman–Crippen MR) is 70.6 cm³/mol. The number of rotatable bonds is 6. The molecule has 0 aliphatic heterocycles. The highest BCUT2D eigenvalue weighted by atomic mass is 19.4. The summed E-state index contributed by atoms with van der Waals surface area (Å²) in [6.45, 7) is 4.01. The smallest absolute Gasteiger partial charge is 0.370 e. The maximum absolute atomic E-state index is 12.2. The van der Waals surface area contributed by atoms with E-state index in [0.29, 0.717) is 12.4 Å². The Kier molecular flexibility index (Phi) is 5.79. The van der Waals surface area contributed by atoms with Gasteiger partial charge in [-0.25, -0.2) is 4.98 Å². The van der Waals surface area contributed by atoms with Crippen molar-refractivity contribution < 1.29 is 18.0 Å². The molecule has 0 saturated carbocycles. The molecule has 0 aromatic carbocycles. The van der Waals surface area contributed by atoms with Crippen molar-refractivity contribution in [2.75, 3.05) is 11.9 Å². The Hall–Kier alpha value is -1.79. The number of carbonyl (C=O) groups excluding carboxylic acids is 1. The van der Waals surface area contributed by atoms with Crippen LogP contribution in [0.3, 0.4) is 0 Å². The molecular weight excluding hydrogens is 271 g/mol. The Morgan fingerprint density at radius 1 is 1.40 bits per heavy atom. The van der Waals surface area contributed by atoms with Crippen LogP contribution in [-0.4, -0.2) is 29.7 Å². The van der Waals surface area contributed by atoms with Gasteiger partial charge in [0, 0.05) is 12.6 Å². The first-order valence-electron chi connectivity index (χ1n) is 6.40. The summed E-state index contributed by atoms with van der Waals surface area (Å²) >= 11 is 0. The van der Waals surface area contributed by atoms with Gasteiger partial charge in [0.1, 0.15) is 11.5 Å². The largest absolute Gasteiger partial charge is 0.391 e. The lowest BCUT2D eigenvalue weighted by Crippen LogP contribution is -2.36. The number of nitrogens with zero attached hydrogens (tertiary/aromatic N) is 1. The van der Waals surface area contributed by atoms with E-state index in [1.807, 2.05) is 6.92 Å². The number of halogens is 3. The number of alkyl halides is 3. The zero-order valence-electron chi connectivity index (χ0n) is 11.4. The zero-order chi connectivity index (χ0) is 15.2. The van der Waals surface area contributed by atoms with Crippen LogP contribution in [0.2, 0.25) is 0 Å². The molecule has 1 amide bonds. The van der Waals surface area contributed by atoms with Crippen molar-refractivity contribution in [1.82, 2.24) is 10.3 Å². The molecule has 0 bridgehead atoms. The van der Waals surface area contributed by atoms with Crippen LogP contribution in [0.4, 0.5) is 19.0 Å². The maximum Gasteiger partial charge on any atom is 0.391 e. The molecule has 0 aliphatic rings. The number of hydrogen-bond acceptors (Lipinski definition) is 3. The Bertz CT molecular complexity index is 449. The number of hydrogen-bond donors (Lipinski definition) is 2. The van der Waals surface area contributed by atoms with Gasteiger partial charge in [-0.2, -0.15) is 13.2 Å². The van der Waals surface area contributed by atoms with Crippen molar-refractivity contribution in [1.29, 1.82) is 0 Å². The van der Waals surface area contributed by atoms with Gasteiger partial charge in [0.2, 0.25) is 0 Å². The molecule has 0 spiro atoms. The normalized spacial score (nSPS) is 12.8. The third-order valence-electron chi connectivity index (χ3n) is 2.45. The molecule has 1 unspecified atom stereocenters. The molecule has 0 saturated heterocycles. The van der Waals surface area contributed by atoms with Crippen LogP contribution < -0.4 is 10.6 Å². The fourth-order valence-electron chi connectivity index (χ4n) is 1.61. The lowest BCUT2D eigenvalue weighted by atomic mass is 10.2. The van der Waals surface area contributed by atoms with Gasteiger partial charge in [-0.3, -0.25) is 4.79 Å². The monoisotopic (exact) mass is 289 g/mol. The fraction of sp³-hybridized carbons (Fsp3) is 0.538. The summed E-state index contributed by atoms with van der Waals surface area (Å²) in [6, 6.07) is 3.81. The van der Waals surface area contributed by atoms with Gasteiger partial charge in [-0.05, 0) is 25.5 Å². The Morgan fingerprint density at radius 2 is 2.10 bits per heavy atom. The van der Waals surface area contributed by atoms with Gasteiger partial charge in [0.15, 0.2) is 0 Å². The Labute approximate surface area is 115 Å². The number of carbonyl (C=O) groups is 1. The van der Waals surface area contributed by atoms with Crippen molar-refractivity contribution in [3.8, 4) is 0 Å². The van der Waals surface area contributed by atoms with E-state index in [0.717, 1.165) is 6.42 Å².